The van der Waals surface area contributed by atoms with Crippen molar-refractivity contribution in [2.24, 2.45) is 0 Å². The molecule has 0 fully saturated rings. The number of likely N-dealkylation sites (N-methyl/N-ethyl adjacent to an activating group) is 2. The summed E-state index contributed by atoms with van der Waals surface area (Å²) < 4.78 is 0. The molecule has 3 rings (SSSR count). The van der Waals surface area contributed by atoms with Crippen molar-refractivity contribution in [2.75, 3.05) is 28.2 Å². The van der Waals surface area contributed by atoms with Crippen molar-refractivity contribution in [3.05, 3.63) is 107 Å². The molecule has 0 saturated heterocycles. The molecule has 0 amide bonds. The standard InChI is InChI=1S/C30H40N2S2/c1-23(31(3)4)29(25-15-9-7-10-16-25)33-21-27-19-13-14-20-28(27)22-34-30(24(2)32(5)6)26-17-11-8-12-18-26/h7-20,23-24,29-30H,21-22H2,1-6H3/t23-,24-,29-,30-/m0/s1. The van der Waals surface area contributed by atoms with Gasteiger partial charge in [0.15, 0.2) is 0 Å². The van der Waals surface area contributed by atoms with E-state index in [0.717, 1.165) is 11.5 Å². The third-order valence-corrected chi connectivity index (χ3v) is 9.72. The fraction of sp³-hybridized carbons (Fsp3) is 0.400. The van der Waals surface area contributed by atoms with Crippen LogP contribution in [0.5, 0.6) is 0 Å². The molecule has 0 aromatic heterocycles. The van der Waals surface area contributed by atoms with Crippen molar-refractivity contribution in [2.45, 2.75) is 47.9 Å². The average Bonchev–Trinajstić information content (AvgIpc) is 2.86. The van der Waals surface area contributed by atoms with Crippen molar-refractivity contribution >= 4 is 23.5 Å². The zero-order valence-corrected chi connectivity index (χ0v) is 23.2. The number of thioether (sulfide) groups is 2. The maximum atomic E-state index is 2.33. The highest BCUT2D eigenvalue weighted by atomic mass is 32.2. The van der Waals surface area contributed by atoms with Crippen molar-refractivity contribution < 1.29 is 0 Å². The molecule has 3 aromatic carbocycles. The average molecular weight is 493 g/mol. The molecule has 0 aliphatic rings. The lowest BCUT2D eigenvalue weighted by Crippen LogP contribution is -2.30. The summed E-state index contributed by atoms with van der Waals surface area (Å²) in [6.45, 7) is 4.67. The molecule has 0 bridgehead atoms. The van der Waals surface area contributed by atoms with Gasteiger partial charge in [-0.2, -0.15) is 0 Å². The normalized spacial score (nSPS) is 15.3. The molecule has 0 unspecified atom stereocenters. The van der Waals surface area contributed by atoms with Crippen LogP contribution in [0.3, 0.4) is 0 Å². The van der Waals surface area contributed by atoms with E-state index in [4.69, 9.17) is 0 Å². The highest BCUT2D eigenvalue weighted by molar-refractivity contribution is 7.99. The molecule has 4 atom stereocenters. The minimum atomic E-state index is 0.433. The first kappa shape index (κ1) is 26.9. The molecule has 0 spiro atoms. The van der Waals surface area contributed by atoms with Gasteiger partial charge in [-0.05, 0) is 64.3 Å². The van der Waals surface area contributed by atoms with E-state index < -0.39 is 0 Å². The summed E-state index contributed by atoms with van der Waals surface area (Å²) in [6, 6.07) is 31.9. The number of hydrogen-bond donors (Lipinski definition) is 0. The second kappa shape index (κ2) is 13.4. The molecule has 0 aliphatic heterocycles. The van der Waals surface area contributed by atoms with Gasteiger partial charge in [-0.15, -0.1) is 23.5 Å². The summed E-state index contributed by atoms with van der Waals surface area (Å²) in [7, 11) is 8.73. The van der Waals surface area contributed by atoms with E-state index in [-0.39, 0.29) is 0 Å². The Balaban J connectivity index is 1.76. The van der Waals surface area contributed by atoms with Gasteiger partial charge in [0.2, 0.25) is 0 Å². The largest absolute Gasteiger partial charge is 0.305 e. The van der Waals surface area contributed by atoms with Gasteiger partial charge in [0, 0.05) is 34.1 Å². The zero-order chi connectivity index (χ0) is 24.5. The third-order valence-electron chi connectivity index (χ3n) is 6.72. The first-order valence-electron chi connectivity index (χ1n) is 12.1. The summed E-state index contributed by atoms with van der Waals surface area (Å²) in [5.74, 6) is 2.04. The minimum absolute atomic E-state index is 0.433. The molecule has 3 aromatic rings. The van der Waals surface area contributed by atoms with Crippen molar-refractivity contribution in [1.82, 2.24) is 9.80 Å². The van der Waals surface area contributed by atoms with E-state index in [9.17, 15) is 0 Å². The topological polar surface area (TPSA) is 6.48 Å². The van der Waals surface area contributed by atoms with Gasteiger partial charge in [-0.1, -0.05) is 84.9 Å². The second-order valence-corrected chi connectivity index (χ2v) is 11.7. The molecular weight excluding hydrogens is 452 g/mol. The summed E-state index contributed by atoms with van der Waals surface area (Å²) in [4.78, 5) is 4.67. The summed E-state index contributed by atoms with van der Waals surface area (Å²) in [5.41, 5.74) is 5.72. The Bertz CT molecular complexity index is 895. The van der Waals surface area contributed by atoms with Gasteiger partial charge in [0.05, 0.1) is 0 Å². The molecule has 4 heteroatoms. The lowest BCUT2D eigenvalue weighted by molar-refractivity contribution is 0.308. The van der Waals surface area contributed by atoms with Gasteiger partial charge in [-0.3, -0.25) is 0 Å². The van der Waals surface area contributed by atoms with Gasteiger partial charge < -0.3 is 9.80 Å². The Labute approximate surface area is 216 Å². The number of hydrogen-bond acceptors (Lipinski definition) is 4. The second-order valence-electron chi connectivity index (χ2n) is 9.46. The molecule has 182 valence electrons. The van der Waals surface area contributed by atoms with Crippen molar-refractivity contribution in [3.63, 3.8) is 0 Å². The van der Waals surface area contributed by atoms with Crippen LogP contribution in [0.15, 0.2) is 84.9 Å². The van der Waals surface area contributed by atoms with Crippen molar-refractivity contribution in [1.29, 1.82) is 0 Å². The van der Waals surface area contributed by atoms with Crippen LogP contribution in [0.4, 0.5) is 0 Å². The van der Waals surface area contributed by atoms with E-state index in [0.29, 0.717) is 22.6 Å². The van der Waals surface area contributed by atoms with Crippen LogP contribution in [0.25, 0.3) is 0 Å². The van der Waals surface area contributed by atoms with Crippen molar-refractivity contribution in [3.8, 4) is 0 Å². The van der Waals surface area contributed by atoms with Crippen LogP contribution >= 0.6 is 23.5 Å². The van der Waals surface area contributed by atoms with Crippen LogP contribution in [0, 0.1) is 0 Å². The predicted octanol–water partition coefficient (Wildman–Crippen LogP) is 7.54. The molecule has 0 N–H and O–H groups in total. The molecule has 34 heavy (non-hydrogen) atoms. The quantitative estimate of drug-likeness (QED) is 0.257. The summed E-state index contributed by atoms with van der Waals surface area (Å²) in [5, 5.41) is 0.866. The predicted molar refractivity (Wildman–Crippen MR) is 154 cm³/mol. The van der Waals surface area contributed by atoms with Crippen LogP contribution < -0.4 is 0 Å². The van der Waals surface area contributed by atoms with E-state index in [2.05, 4.69) is 160 Å². The van der Waals surface area contributed by atoms with Gasteiger partial charge in [0.25, 0.3) is 0 Å². The lowest BCUT2D eigenvalue weighted by atomic mass is 10.1. The Morgan fingerprint density at radius 3 is 1.18 bits per heavy atom. The first-order valence-corrected chi connectivity index (χ1v) is 14.2. The summed E-state index contributed by atoms with van der Waals surface area (Å²) in [6.07, 6.45) is 0. The van der Waals surface area contributed by atoms with E-state index >= 15 is 0 Å². The number of rotatable bonds is 12. The fourth-order valence-corrected chi connectivity index (χ4v) is 7.08. The van der Waals surface area contributed by atoms with Gasteiger partial charge in [-0.25, -0.2) is 0 Å². The van der Waals surface area contributed by atoms with Crippen LogP contribution in [0.2, 0.25) is 0 Å². The molecule has 0 heterocycles. The lowest BCUT2D eigenvalue weighted by Gasteiger charge is -2.30. The third kappa shape index (κ3) is 7.39. The maximum Gasteiger partial charge on any atom is 0.0453 e. The SMILES string of the molecule is C[C@@H]([C@H](SCc1ccccc1CS[C@H](c1ccccc1)[C@H](C)N(C)C)c1ccccc1)N(C)C. The minimum Gasteiger partial charge on any atom is -0.305 e. The number of nitrogens with zero attached hydrogens (tertiary/aromatic N) is 2. The highest BCUT2D eigenvalue weighted by Crippen LogP contribution is 2.39. The van der Waals surface area contributed by atoms with Gasteiger partial charge in [0.1, 0.15) is 0 Å². The maximum absolute atomic E-state index is 2.33. The Kier molecular flexibility index (Phi) is 10.6. The van der Waals surface area contributed by atoms with Crippen LogP contribution in [-0.4, -0.2) is 50.1 Å². The van der Waals surface area contributed by atoms with Gasteiger partial charge >= 0.3 is 0 Å². The Morgan fingerprint density at radius 1 is 0.529 bits per heavy atom. The molecule has 0 saturated carbocycles. The fourth-order valence-electron chi connectivity index (χ4n) is 4.05. The van der Waals surface area contributed by atoms with Crippen LogP contribution in [-0.2, 0) is 11.5 Å². The molecular formula is C30H40N2S2. The zero-order valence-electron chi connectivity index (χ0n) is 21.5. The number of benzene rings is 3. The molecule has 0 aliphatic carbocycles. The monoisotopic (exact) mass is 492 g/mol. The first-order chi connectivity index (χ1) is 16.4. The van der Waals surface area contributed by atoms with Crippen LogP contribution in [0.1, 0.15) is 46.6 Å². The summed E-state index contributed by atoms with van der Waals surface area (Å²) >= 11 is 4.12. The molecule has 0 radical (unpaired) electrons. The Morgan fingerprint density at radius 2 is 0.853 bits per heavy atom. The Hall–Kier alpha value is -1.72. The van der Waals surface area contributed by atoms with E-state index in [1.54, 1.807) is 0 Å². The smallest absolute Gasteiger partial charge is 0.0453 e. The van der Waals surface area contributed by atoms with E-state index in [1.807, 2.05) is 0 Å². The molecule has 2 nitrogen and oxygen atoms in total. The highest BCUT2D eigenvalue weighted by Gasteiger charge is 2.24. The van der Waals surface area contributed by atoms with E-state index in [1.165, 1.54) is 22.3 Å².